The van der Waals surface area contributed by atoms with Crippen molar-refractivity contribution in [2.75, 3.05) is 32.4 Å². The zero-order valence-corrected chi connectivity index (χ0v) is 13.3. The molecule has 0 aliphatic heterocycles. The molecular formula is C14H32OP+. The van der Waals surface area contributed by atoms with Gasteiger partial charge in [0.25, 0.3) is 0 Å². The maximum Gasteiger partial charge on any atom is 0.156 e. The first-order valence-electron chi connectivity index (χ1n) is 6.62. The highest BCUT2D eigenvalue weighted by Gasteiger charge is 2.26. The second kappa shape index (κ2) is 7.67. The number of hydrogen-bond donors (Lipinski definition) is 0. The second-order valence-electron chi connectivity index (χ2n) is 6.75. The van der Waals surface area contributed by atoms with Gasteiger partial charge >= 0.3 is 0 Å². The van der Waals surface area contributed by atoms with E-state index >= 15 is 0 Å². The molecule has 2 heteroatoms. The van der Waals surface area contributed by atoms with Crippen LogP contribution in [0.15, 0.2) is 0 Å². The van der Waals surface area contributed by atoms with Gasteiger partial charge in [-0.1, -0.05) is 34.6 Å². The van der Waals surface area contributed by atoms with Crippen molar-refractivity contribution in [2.24, 2.45) is 17.8 Å². The van der Waals surface area contributed by atoms with Crippen LogP contribution in [-0.2, 0) is 4.74 Å². The summed E-state index contributed by atoms with van der Waals surface area (Å²) in [5.74, 6) is 2.30. The monoisotopic (exact) mass is 247 g/mol. The normalized spacial score (nSPS) is 14.8. The quantitative estimate of drug-likeness (QED) is 0.571. The van der Waals surface area contributed by atoms with E-state index in [0.29, 0.717) is 5.92 Å². The lowest BCUT2D eigenvalue weighted by atomic mass is 10.00. The molecule has 98 valence electrons. The summed E-state index contributed by atoms with van der Waals surface area (Å²) in [5.41, 5.74) is 0. The van der Waals surface area contributed by atoms with E-state index in [2.05, 4.69) is 47.9 Å². The fraction of sp³-hybridized carbons (Fsp3) is 1.00. The molecule has 0 aliphatic carbocycles. The Bertz CT molecular complexity index is 176. The summed E-state index contributed by atoms with van der Waals surface area (Å²) in [7, 11) is -0.811. The predicted octanol–water partition coefficient (Wildman–Crippen LogP) is 4.58. The molecule has 0 aromatic rings. The maximum atomic E-state index is 5.91. The van der Waals surface area contributed by atoms with Crippen LogP contribution in [0.25, 0.3) is 0 Å². The van der Waals surface area contributed by atoms with E-state index in [1.165, 1.54) is 12.6 Å². The molecule has 1 atom stereocenters. The Kier molecular flexibility index (Phi) is 7.85. The molecule has 0 spiro atoms. The van der Waals surface area contributed by atoms with Crippen molar-refractivity contribution >= 4 is 7.26 Å². The van der Waals surface area contributed by atoms with Crippen molar-refractivity contribution in [2.45, 2.75) is 41.0 Å². The third-order valence-electron chi connectivity index (χ3n) is 2.58. The highest BCUT2D eigenvalue weighted by molar-refractivity contribution is 7.74. The average Bonchev–Trinajstić information content (AvgIpc) is 1.98. The lowest BCUT2D eigenvalue weighted by Crippen LogP contribution is -2.13. The molecule has 0 heterocycles. The van der Waals surface area contributed by atoms with E-state index in [-0.39, 0.29) is 0 Å². The van der Waals surface area contributed by atoms with E-state index in [4.69, 9.17) is 4.74 Å². The summed E-state index contributed by atoms with van der Waals surface area (Å²) < 4.78 is 5.91. The highest BCUT2D eigenvalue weighted by Crippen LogP contribution is 2.52. The SMILES string of the molecule is CC(C)CC(C)COC[P+](C)(C)CC(C)C. The van der Waals surface area contributed by atoms with Gasteiger partial charge in [-0.15, -0.1) is 0 Å². The Balaban J connectivity index is 3.71. The third-order valence-corrected chi connectivity index (χ3v) is 5.18. The molecule has 0 fully saturated rings. The Hall–Kier alpha value is 0.390. The third kappa shape index (κ3) is 9.60. The van der Waals surface area contributed by atoms with Crippen LogP contribution < -0.4 is 0 Å². The minimum absolute atomic E-state index is 0.707. The van der Waals surface area contributed by atoms with Crippen molar-refractivity contribution in [3.05, 3.63) is 0 Å². The molecule has 0 rings (SSSR count). The molecular weight excluding hydrogens is 215 g/mol. The molecule has 0 saturated heterocycles. The van der Waals surface area contributed by atoms with Crippen molar-refractivity contribution in [1.29, 1.82) is 0 Å². The number of hydrogen-bond acceptors (Lipinski definition) is 1. The fourth-order valence-corrected chi connectivity index (χ4v) is 5.10. The van der Waals surface area contributed by atoms with Crippen LogP contribution in [0.2, 0.25) is 0 Å². The summed E-state index contributed by atoms with van der Waals surface area (Å²) in [4.78, 5) is 0. The van der Waals surface area contributed by atoms with Gasteiger partial charge in [-0.05, 0) is 24.2 Å². The van der Waals surface area contributed by atoms with E-state index in [1.54, 1.807) is 0 Å². The fourth-order valence-electron chi connectivity index (χ4n) is 2.41. The molecule has 0 aromatic carbocycles. The Morgan fingerprint density at radius 2 is 1.50 bits per heavy atom. The minimum atomic E-state index is -0.811. The van der Waals surface area contributed by atoms with Gasteiger partial charge in [0.1, 0.15) is 0 Å². The topological polar surface area (TPSA) is 9.23 Å². The lowest BCUT2D eigenvalue weighted by molar-refractivity contribution is 0.133. The molecule has 0 amide bonds. The number of rotatable bonds is 8. The summed E-state index contributed by atoms with van der Waals surface area (Å²) in [6, 6.07) is 0. The Morgan fingerprint density at radius 3 is 1.94 bits per heavy atom. The Labute approximate surface area is 104 Å². The van der Waals surface area contributed by atoms with Gasteiger partial charge in [-0.25, -0.2) is 0 Å². The van der Waals surface area contributed by atoms with E-state index < -0.39 is 7.26 Å². The standard InChI is InChI=1S/C14H32OP/c1-12(2)8-14(5)9-15-11-16(6,7)10-13(3)4/h12-14H,8-11H2,1-7H3/q+1. The summed E-state index contributed by atoms with van der Waals surface area (Å²) in [5, 5.41) is 0. The van der Waals surface area contributed by atoms with Gasteiger partial charge in [-0.2, -0.15) is 0 Å². The van der Waals surface area contributed by atoms with Crippen LogP contribution in [0.4, 0.5) is 0 Å². The molecule has 0 radical (unpaired) electrons. The molecule has 0 bridgehead atoms. The van der Waals surface area contributed by atoms with E-state index in [1.807, 2.05) is 0 Å². The molecule has 16 heavy (non-hydrogen) atoms. The zero-order chi connectivity index (χ0) is 12.8. The highest BCUT2D eigenvalue weighted by atomic mass is 31.2. The largest absolute Gasteiger partial charge is 0.346 e. The van der Waals surface area contributed by atoms with Crippen molar-refractivity contribution in [3.8, 4) is 0 Å². The summed E-state index contributed by atoms with van der Waals surface area (Å²) >= 11 is 0. The van der Waals surface area contributed by atoms with Gasteiger partial charge in [-0.3, -0.25) is 0 Å². The van der Waals surface area contributed by atoms with Gasteiger partial charge < -0.3 is 4.74 Å². The molecule has 0 aromatic heterocycles. The average molecular weight is 247 g/mol. The Morgan fingerprint density at radius 1 is 0.938 bits per heavy atom. The number of ether oxygens (including phenoxy) is 1. The van der Waals surface area contributed by atoms with E-state index in [0.717, 1.165) is 24.8 Å². The van der Waals surface area contributed by atoms with Crippen LogP contribution in [-0.4, -0.2) is 32.4 Å². The molecule has 0 N–H and O–H groups in total. The minimum Gasteiger partial charge on any atom is -0.346 e. The van der Waals surface area contributed by atoms with E-state index in [9.17, 15) is 0 Å². The maximum absolute atomic E-state index is 5.91. The van der Waals surface area contributed by atoms with Gasteiger partial charge in [0, 0.05) is 7.26 Å². The van der Waals surface area contributed by atoms with Crippen LogP contribution in [0, 0.1) is 17.8 Å². The summed E-state index contributed by atoms with van der Waals surface area (Å²) in [6.45, 7) is 17.3. The van der Waals surface area contributed by atoms with Gasteiger partial charge in [0.05, 0.1) is 26.1 Å². The predicted molar refractivity (Wildman–Crippen MR) is 77.9 cm³/mol. The molecule has 1 nitrogen and oxygen atoms in total. The summed E-state index contributed by atoms with van der Waals surface area (Å²) in [6.07, 6.45) is 3.64. The van der Waals surface area contributed by atoms with Gasteiger partial charge in [0.15, 0.2) is 6.35 Å². The molecule has 0 saturated carbocycles. The van der Waals surface area contributed by atoms with Crippen molar-refractivity contribution in [1.82, 2.24) is 0 Å². The van der Waals surface area contributed by atoms with Crippen LogP contribution in [0.3, 0.4) is 0 Å². The van der Waals surface area contributed by atoms with Crippen LogP contribution in [0.5, 0.6) is 0 Å². The van der Waals surface area contributed by atoms with Crippen molar-refractivity contribution in [3.63, 3.8) is 0 Å². The zero-order valence-electron chi connectivity index (χ0n) is 12.4. The smallest absolute Gasteiger partial charge is 0.156 e. The lowest BCUT2D eigenvalue weighted by Gasteiger charge is -2.21. The van der Waals surface area contributed by atoms with Gasteiger partial charge in [0.2, 0.25) is 0 Å². The first kappa shape index (κ1) is 16.4. The van der Waals surface area contributed by atoms with Crippen molar-refractivity contribution < 1.29 is 4.74 Å². The van der Waals surface area contributed by atoms with Crippen LogP contribution in [0.1, 0.15) is 41.0 Å². The first-order valence-corrected chi connectivity index (χ1v) is 9.68. The molecule has 0 aliphatic rings. The van der Waals surface area contributed by atoms with Crippen LogP contribution >= 0.6 is 7.26 Å². The second-order valence-corrected chi connectivity index (χ2v) is 11.2. The first-order chi connectivity index (χ1) is 7.23. The molecule has 1 unspecified atom stereocenters.